The van der Waals surface area contributed by atoms with Crippen LogP contribution in [0.3, 0.4) is 0 Å². The number of carbonyl (C=O) groups excluding carboxylic acids is 1. The van der Waals surface area contributed by atoms with Crippen LogP contribution in [0.4, 0.5) is 0 Å². The Morgan fingerprint density at radius 1 is 1.36 bits per heavy atom. The van der Waals surface area contributed by atoms with E-state index >= 15 is 0 Å². The van der Waals surface area contributed by atoms with E-state index in [1.165, 1.54) is 0 Å². The lowest BCUT2D eigenvalue weighted by Crippen LogP contribution is -2.33. The van der Waals surface area contributed by atoms with E-state index in [0.717, 1.165) is 43.0 Å². The maximum Gasteiger partial charge on any atom is 0.243 e. The lowest BCUT2D eigenvalue weighted by molar-refractivity contribution is -0.133. The molecule has 0 radical (unpaired) electrons. The maximum absolute atomic E-state index is 12.9. The Morgan fingerprint density at radius 2 is 2.25 bits per heavy atom. The van der Waals surface area contributed by atoms with Crippen molar-refractivity contribution in [1.29, 1.82) is 0 Å². The number of hydrogen-bond acceptors (Lipinski definition) is 4. The van der Waals surface area contributed by atoms with Crippen LogP contribution >= 0.6 is 11.6 Å². The van der Waals surface area contributed by atoms with Crippen LogP contribution in [0.15, 0.2) is 47.3 Å². The average molecular weight is 399 g/mol. The van der Waals surface area contributed by atoms with Crippen LogP contribution in [0.5, 0.6) is 0 Å². The quantitative estimate of drug-likeness (QED) is 0.628. The predicted molar refractivity (Wildman–Crippen MR) is 106 cm³/mol. The molecule has 146 valence electrons. The van der Waals surface area contributed by atoms with Crippen molar-refractivity contribution in [3.8, 4) is 0 Å². The first-order valence-corrected chi connectivity index (χ1v) is 10.0. The highest BCUT2D eigenvalue weighted by molar-refractivity contribution is 6.30. The highest BCUT2D eigenvalue weighted by Crippen LogP contribution is 2.32. The number of aryl methyl sites for hydroxylation is 1. The minimum absolute atomic E-state index is 0.0739. The molecule has 0 aliphatic carbocycles. The van der Waals surface area contributed by atoms with Crippen LogP contribution in [-0.4, -0.2) is 31.9 Å². The Bertz CT molecular complexity index is 965. The third kappa shape index (κ3) is 3.97. The molecule has 28 heavy (non-hydrogen) atoms. The van der Waals surface area contributed by atoms with Crippen molar-refractivity contribution in [2.75, 3.05) is 6.54 Å². The number of nitrogens with zero attached hydrogens (tertiary/aromatic N) is 4. The van der Waals surface area contributed by atoms with Gasteiger partial charge in [0.15, 0.2) is 0 Å². The Kier molecular flexibility index (Phi) is 5.48. The van der Waals surface area contributed by atoms with Crippen molar-refractivity contribution in [3.63, 3.8) is 0 Å². The second-order valence-electron chi connectivity index (χ2n) is 7.04. The molecule has 7 heteroatoms. The van der Waals surface area contributed by atoms with Crippen LogP contribution in [0, 0.1) is 0 Å². The molecule has 0 bridgehead atoms. The van der Waals surface area contributed by atoms with Crippen LogP contribution < -0.4 is 0 Å². The molecule has 1 aliphatic rings. The van der Waals surface area contributed by atoms with E-state index in [1.807, 2.05) is 46.9 Å². The van der Waals surface area contributed by atoms with Crippen LogP contribution in [0.2, 0.25) is 5.02 Å². The monoisotopic (exact) mass is 398 g/mol. The number of amides is 1. The first-order valence-electron chi connectivity index (χ1n) is 9.62. The van der Waals surface area contributed by atoms with E-state index in [0.29, 0.717) is 23.9 Å². The third-order valence-electron chi connectivity index (χ3n) is 5.12. The number of imidazole rings is 1. The summed E-state index contributed by atoms with van der Waals surface area (Å²) < 4.78 is 7.92. The molecule has 6 nitrogen and oxygen atoms in total. The van der Waals surface area contributed by atoms with Crippen molar-refractivity contribution >= 4 is 17.5 Å². The highest BCUT2D eigenvalue weighted by atomic mass is 35.5. The van der Waals surface area contributed by atoms with E-state index in [1.54, 1.807) is 12.4 Å². The topological polar surface area (TPSA) is 64.2 Å². The van der Waals surface area contributed by atoms with Gasteiger partial charge in [-0.05, 0) is 30.5 Å². The summed E-state index contributed by atoms with van der Waals surface area (Å²) in [4.78, 5) is 23.5. The summed E-state index contributed by atoms with van der Waals surface area (Å²) in [7, 11) is 0. The molecule has 0 saturated carbocycles. The van der Waals surface area contributed by atoms with Gasteiger partial charge in [0.05, 0.1) is 6.20 Å². The lowest BCUT2D eigenvalue weighted by Gasteiger charge is -2.23. The molecule has 1 unspecified atom stereocenters. The molecule has 1 saturated heterocycles. The van der Waals surface area contributed by atoms with E-state index in [-0.39, 0.29) is 11.9 Å². The van der Waals surface area contributed by atoms with Gasteiger partial charge in [-0.1, -0.05) is 30.7 Å². The zero-order valence-electron chi connectivity index (χ0n) is 15.8. The van der Waals surface area contributed by atoms with Gasteiger partial charge >= 0.3 is 0 Å². The van der Waals surface area contributed by atoms with Gasteiger partial charge < -0.3 is 13.9 Å². The van der Waals surface area contributed by atoms with E-state index in [9.17, 15) is 4.79 Å². The fourth-order valence-corrected chi connectivity index (χ4v) is 3.98. The third-order valence-corrected chi connectivity index (χ3v) is 5.36. The first kappa shape index (κ1) is 18.7. The summed E-state index contributed by atoms with van der Waals surface area (Å²) in [6.07, 6.45) is 8.60. The van der Waals surface area contributed by atoms with E-state index in [4.69, 9.17) is 16.0 Å². The number of rotatable bonds is 6. The molecule has 2 aromatic heterocycles. The van der Waals surface area contributed by atoms with Crippen molar-refractivity contribution in [3.05, 3.63) is 70.9 Å². The SMILES string of the molecule is CCc1nccn1CC(=O)N1CCCC1c1ncc(Cc2cccc(Cl)c2)o1. The number of aromatic nitrogens is 3. The van der Waals surface area contributed by atoms with Gasteiger partial charge in [0, 0.05) is 36.8 Å². The minimum atomic E-state index is -0.103. The van der Waals surface area contributed by atoms with Gasteiger partial charge in [-0.2, -0.15) is 0 Å². The molecule has 3 heterocycles. The van der Waals surface area contributed by atoms with Gasteiger partial charge in [-0.3, -0.25) is 4.79 Å². The zero-order chi connectivity index (χ0) is 19.5. The van der Waals surface area contributed by atoms with Gasteiger partial charge in [0.25, 0.3) is 0 Å². The molecule has 1 aromatic carbocycles. The van der Waals surface area contributed by atoms with Crippen molar-refractivity contribution in [2.45, 2.75) is 45.2 Å². The summed E-state index contributed by atoms with van der Waals surface area (Å²) in [6.45, 7) is 3.07. The molecule has 0 spiro atoms. The normalized spacial score (nSPS) is 16.6. The second kappa shape index (κ2) is 8.19. The smallest absolute Gasteiger partial charge is 0.243 e. The number of oxazole rings is 1. The predicted octanol–water partition coefficient (Wildman–Crippen LogP) is 4.04. The van der Waals surface area contributed by atoms with Gasteiger partial charge in [0.2, 0.25) is 11.8 Å². The average Bonchev–Trinajstić information content (AvgIpc) is 3.41. The minimum Gasteiger partial charge on any atom is -0.443 e. The van der Waals surface area contributed by atoms with E-state index in [2.05, 4.69) is 9.97 Å². The molecule has 1 fully saturated rings. The Hall–Kier alpha value is -2.60. The standard InChI is InChI=1S/C21H23ClN4O2/c1-2-19-23-8-10-25(19)14-20(27)26-9-4-7-18(26)21-24-13-17(28-21)12-15-5-3-6-16(22)11-15/h3,5-6,8,10-11,13,18H,2,4,7,9,12,14H2,1H3. The van der Waals surface area contributed by atoms with E-state index < -0.39 is 0 Å². The lowest BCUT2D eigenvalue weighted by atomic mass is 10.1. The Balaban J connectivity index is 1.46. The summed E-state index contributed by atoms with van der Waals surface area (Å²) in [6, 6.07) is 7.60. The summed E-state index contributed by atoms with van der Waals surface area (Å²) in [5, 5.41) is 0.704. The first-order chi connectivity index (χ1) is 13.6. The maximum atomic E-state index is 12.9. The molecule has 4 rings (SSSR count). The Labute approximate surface area is 169 Å². The number of halogens is 1. The largest absolute Gasteiger partial charge is 0.443 e. The van der Waals surface area contributed by atoms with Crippen molar-refractivity contribution in [2.24, 2.45) is 0 Å². The van der Waals surface area contributed by atoms with Crippen molar-refractivity contribution < 1.29 is 9.21 Å². The Morgan fingerprint density at radius 3 is 3.07 bits per heavy atom. The van der Waals surface area contributed by atoms with Gasteiger partial charge in [0.1, 0.15) is 24.2 Å². The molecule has 1 atom stereocenters. The molecular formula is C21H23ClN4O2. The number of likely N-dealkylation sites (tertiary alicyclic amines) is 1. The summed E-state index contributed by atoms with van der Waals surface area (Å²) in [5.74, 6) is 2.39. The van der Waals surface area contributed by atoms with Crippen LogP contribution in [0.1, 0.15) is 48.8 Å². The highest BCUT2D eigenvalue weighted by Gasteiger charge is 2.33. The summed E-state index contributed by atoms with van der Waals surface area (Å²) >= 11 is 6.06. The van der Waals surface area contributed by atoms with Crippen molar-refractivity contribution in [1.82, 2.24) is 19.4 Å². The van der Waals surface area contributed by atoms with Crippen LogP contribution in [0.25, 0.3) is 0 Å². The molecule has 1 amide bonds. The summed E-state index contributed by atoms with van der Waals surface area (Å²) in [5.41, 5.74) is 1.07. The zero-order valence-corrected chi connectivity index (χ0v) is 16.6. The van der Waals surface area contributed by atoms with Crippen LogP contribution in [-0.2, 0) is 24.2 Å². The number of carbonyl (C=O) groups is 1. The molecule has 3 aromatic rings. The fraction of sp³-hybridized carbons (Fsp3) is 0.381. The number of hydrogen-bond donors (Lipinski definition) is 0. The molecule has 0 N–H and O–H groups in total. The van der Waals surface area contributed by atoms with Gasteiger partial charge in [-0.25, -0.2) is 9.97 Å². The second-order valence-corrected chi connectivity index (χ2v) is 7.48. The van der Waals surface area contributed by atoms with Gasteiger partial charge in [-0.15, -0.1) is 0 Å². The molecule has 1 aliphatic heterocycles. The molecular weight excluding hydrogens is 376 g/mol. The number of benzene rings is 1. The fourth-order valence-electron chi connectivity index (χ4n) is 3.76.